The highest BCUT2D eigenvalue weighted by molar-refractivity contribution is 6.76. The van der Waals surface area contributed by atoms with E-state index in [9.17, 15) is 9.59 Å². The summed E-state index contributed by atoms with van der Waals surface area (Å²) in [6, 6.07) is 13.1. The molecule has 0 radical (unpaired) electrons. The lowest BCUT2D eigenvalue weighted by atomic mass is 9.99. The van der Waals surface area contributed by atoms with E-state index in [4.69, 9.17) is 43.1 Å². The van der Waals surface area contributed by atoms with Gasteiger partial charge in [-0.25, -0.2) is 9.59 Å². The molecule has 2 aromatic carbocycles. The molecule has 3 rings (SSSR count). The predicted octanol–water partition coefficient (Wildman–Crippen LogP) is 11.4. The second kappa shape index (κ2) is 23.5. The third kappa shape index (κ3) is 17.0. The number of carbonyl (C=O) groups is 2. The molecule has 338 valence electrons. The zero-order valence-electron chi connectivity index (χ0n) is 38.8. The average molecular weight is 882 g/mol. The highest BCUT2D eigenvalue weighted by Crippen LogP contribution is 2.39. The largest absolute Gasteiger partial charge is 0.493 e. The SMILES string of the molecule is COCOc1cc(OCCCCN=[N+]=[N-])cc(/C=C/C[C@@H]2OC(C)(C)OC2C(/C=C\[C@@H](C)[C@H](C)O[Si](C)(C)C(C)(C)C)OC(=O)c2ccccc2)c1C(=O)OCC[Si](C)(C)C. The highest BCUT2D eigenvalue weighted by Gasteiger charge is 2.46. The molecule has 0 spiro atoms. The van der Waals surface area contributed by atoms with Crippen LogP contribution in [0.15, 0.2) is 65.8 Å². The molecule has 61 heavy (non-hydrogen) atoms. The predicted molar refractivity (Wildman–Crippen MR) is 245 cm³/mol. The summed E-state index contributed by atoms with van der Waals surface area (Å²) >= 11 is 0. The molecule has 0 aromatic heterocycles. The summed E-state index contributed by atoms with van der Waals surface area (Å²) in [6.45, 7) is 26.6. The number of rotatable bonds is 24. The van der Waals surface area contributed by atoms with Crippen LogP contribution in [-0.2, 0) is 28.1 Å². The van der Waals surface area contributed by atoms with Crippen LogP contribution in [0.4, 0.5) is 0 Å². The Morgan fingerprint density at radius 2 is 1.67 bits per heavy atom. The number of nitrogens with zero attached hydrogens (tertiary/aromatic N) is 3. The fourth-order valence-electron chi connectivity index (χ4n) is 6.15. The molecular formula is C46H71N3O10Si2. The summed E-state index contributed by atoms with van der Waals surface area (Å²) in [5, 5.41) is 3.65. The normalized spacial score (nSPS) is 18.4. The van der Waals surface area contributed by atoms with Crippen LogP contribution in [0.5, 0.6) is 11.5 Å². The molecule has 0 saturated carbocycles. The van der Waals surface area contributed by atoms with Crippen molar-refractivity contribution in [3.8, 4) is 11.5 Å². The first-order valence-electron chi connectivity index (χ1n) is 21.3. The van der Waals surface area contributed by atoms with Gasteiger partial charge in [0.15, 0.2) is 20.9 Å². The van der Waals surface area contributed by atoms with Crippen LogP contribution in [-0.4, -0.2) is 92.2 Å². The molecule has 1 fully saturated rings. The number of benzene rings is 2. The van der Waals surface area contributed by atoms with E-state index in [1.807, 2.05) is 44.2 Å². The Balaban J connectivity index is 2.01. The number of esters is 2. The van der Waals surface area contributed by atoms with Crippen molar-refractivity contribution >= 4 is 34.4 Å². The Hall–Kier alpha value is -3.96. The molecule has 15 heteroatoms. The fraction of sp³-hybridized carbons (Fsp3) is 0.609. The molecule has 1 aliphatic heterocycles. The van der Waals surface area contributed by atoms with Crippen LogP contribution < -0.4 is 9.47 Å². The minimum absolute atomic E-state index is 0.000259. The molecule has 5 atom stereocenters. The van der Waals surface area contributed by atoms with E-state index < -0.39 is 52.4 Å². The molecule has 2 unspecified atom stereocenters. The van der Waals surface area contributed by atoms with E-state index in [1.165, 1.54) is 7.11 Å². The van der Waals surface area contributed by atoms with E-state index in [0.29, 0.717) is 49.3 Å². The maximum Gasteiger partial charge on any atom is 0.342 e. The molecule has 1 saturated heterocycles. The van der Waals surface area contributed by atoms with E-state index in [1.54, 1.807) is 36.4 Å². The smallest absolute Gasteiger partial charge is 0.342 e. The van der Waals surface area contributed by atoms with Gasteiger partial charge in [-0.15, -0.1) is 0 Å². The second-order valence-electron chi connectivity index (χ2n) is 18.7. The van der Waals surface area contributed by atoms with Gasteiger partial charge in [0, 0.05) is 38.8 Å². The number of ether oxygens (including phenoxy) is 7. The van der Waals surface area contributed by atoms with Gasteiger partial charge in [-0.3, -0.25) is 0 Å². The van der Waals surface area contributed by atoms with E-state index >= 15 is 0 Å². The first-order chi connectivity index (χ1) is 28.6. The van der Waals surface area contributed by atoms with E-state index in [-0.39, 0.29) is 41.8 Å². The van der Waals surface area contributed by atoms with Gasteiger partial charge in [-0.2, -0.15) is 0 Å². The summed E-state index contributed by atoms with van der Waals surface area (Å²) in [7, 11) is -2.04. The van der Waals surface area contributed by atoms with Gasteiger partial charge in [-0.05, 0) is 105 Å². The number of hydrogen-bond donors (Lipinski definition) is 0. The lowest BCUT2D eigenvalue weighted by Gasteiger charge is -2.39. The maximum atomic E-state index is 13.8. The average Bonchev–Trinajstić information content (AvgIpc) is 3.49. The number of carbonyl (C=O) groups excluding carboxylic acids is 2. The van der Waals surface area contributed by atoms with Crippen LogP contribution in [0.1, 0.15) is 94.0 Å². The molecule has 0 amide bonds. The van der Waals surface area contributed by atoms with Crippen molar-refractivity contribution < 1.29 is 47.2 Å². The van der Waals surface area contributed by atoms with Crippen LogP contribution in [0.25, 0.3) is 16.5 Å². The van der Waals surface area contributed by atoms with Crippen LogP contribution in [0, 0.1) is 5.92 Å². The summed E-state index contributed by atoms with van der Waals surface area (Å²) in [4.78, 5) is 30.2. The van der Waals surface area contributed by atoms with Gasteiger partial charge < -0.3 is 37.6 Å². The van der Waals surface area contributed by atoms with Gasteiger partial charge in [0.05, 0.1) is 24.9 Å². The molecule has 0 N–H and O–H groups in total. The molecule has 0 aliphatic carbocycles. The Kier molecular flexibility index (Phi) is 19.8. The number of unbranched alkanes of at least 4 members (excludes halogenated alkanes) is 1. The van der Waals surface area contributed by atoms with Crippen molar-refractivity contribution in [3.63, 3.8) is 0 Å². The topological polar surface area (TPSA) is 157 Å². The van der Waals surface area contributed by atoms with Crippen LogP contribution in [0.2, 0.25) is 43.8 Å². The first-order valence-corrected chi connectivity index (χ1v) is 27.9. The zero-order chi connectivity index (χ0) is 45.4. The fourth-order valence-corrected chi connectivity index (χ4v) is 8.36. The first kappa shape index (κ1) is 51.4. The summed E-state index contributed by atoms with van der Waals surface area (Å²) in [5.74, 6) is -1.26. The number of azide groups is 1. The third-order valence-corrected chi connectivity index (χ3v) is 17.1. The second-order valence-corrected chi connectivity index (χ2v) is 29.1. The Morgan fingerprint density at radius 3 is 2.31 bits per heavy atom. The quantitative estimate of drug-likeness (QED) is 0.0145. The van der Waals surface area contributed by atoms with Crippen molar-refractivity contribution in [2.75, 3.05) is 33.7 Å². The number of methoxy groups -OCH3 is 1. The third-order valence-electron chi connectivity index (χ3n) is 10.8. The van der Waals surface area contributed by atoms with Crippen molar-refractivity contribution in [1.29, 1.82) is 0 Å². The standard InChI is InChI=1S/C46H71N3O10Si2/c1-33(34(2)59-61(12,13)45(3,4)5)24-25-38(56-43(50)35-20-15-14-16-21-35)42-39(57-46(6,7)58-42)23-19-22-36-30-37(53-27-18-17-26-48-49-47)31-40(55-32-52-8)41(36)44(51)54-28-29-60(9,10)11/h14-16,19-22,24-25,30-31,33-34,38-39,42H,17-18,23,26-29,32H2,1-13H3/b22-19+,25-24-/t33-,34+,38?,39+,42?/m1/s1. The Labute approximate surface area is 366 Å². The Bertz CT molecular complexity index is 1820. The molecule has 1 heterocycles. The van der Waals surface area contributed by atoms with E-state index in [0.717, 1.165) is 6.04 Å². The van der Waals surface area contributed by atoms with Crippen molar-refractivity contribution in [2.24, 2.45) is 11.0 Å². The van der Waals surface area contributed by atoms with Gasteiger partial charge in [0.25, 0.3) is 0 Å². The molecule has 2 aromatic rings. The molecule has 1 aliphatic rings. The van der Waals surface area contributed by atoms with Crippen molar-refractivity contribution in [1.82, 2.24) is 0 Å². The molecule has 13 nitrogen and oxygen atoms in total. The van der Waals surface area contributed by atoms with Gasteiger partial charge >= 0.3 is 11.9 Å². The van der Waals surface area contributed by atoms with E-state index in [2.05, 4.69) is 77.4 Å². The maximum absolute atomic E-state index is 13.8. The van der Waals surface area contributed by atoms with Crippen LogP contribution in [0.3, 0.4) is 0 Å². The highest BCUT2D eigenvalue weighted by atomic mass is 28.4. The van der Waals surface area contributed by atoms with Gasteiger partial charge in [0.1, 0.15) is 29.3 Å². The summed E-state index contributed by atoms with van der Waals surface area (Å²) < 4.78 is 49.0. The summed E-state index contributed by atoms with van der Waals surface area (Å²) in [5.41, 5.74) is 9.79. The van der Waals surface area contributed by atoms with Crippen molar-refractivity contribution in [3.05, 3.63) is 87.8 Å². The minimum Gasteiger partial charge on any atom is -0.493 e. The Morgan fingerprint density at radius 1 is 0.967 bits per heavy atom. The van der Waals surface area contributed by atoms with Crippen molar-refractivity contribution in [2.45, 2.75) is 142 Å². The lowest BCUT2D eigenvalue weighted by Crippen LogP contribution is -2.44. The molecular weight excluding hydrogens is 811 g/mol. The van der Waals surface area contributed by atoms with Crippen LogP contribution >= 0.6 is 0 Å². The van der Waals surface area contributed by atoms with Gasteiger partial charge in [-0.1, -0.05) is 88.9 Å². The van der Waals surface area contributed by atoms with Gasteiger partial charge in [0.2, 0.25) is 0 Å². The minimum atomic E-state index is -2.04. The lowest BCUT2D eigenvalue weighted by molar-refractivity contribution is -0.152. The molecule has 0 bridgehead atoms. The monoisotopic (exact) mass is 881 g/mol. The number of hydrogen-bond acceptors (Lipinski definition) is 11. The zero-order valence-corrected chi connectivity index (χ0v) is 40.8. The summed E-state index contributed by atoms with van der Waals surface area (Å²) in [6.07, 6.45) is 7.18.